The molecule has 94 heavy (non-hydrogen) atoms. The Morgan fingerprint density at radius 1 is 0.511 bits per heavy atom. The molecule has 2 saturated heterocycles. The Morgan fingerprint density at radius 2 is 0.883 bits per heavy atom. The molecule has 1 aliphatic carbocycles. The van der Waals surface area contributed by atoms with E-state index in [2.05, 4.69) is 31.9 Å². The van der Waals surface area contributed by atoms with Gasteiger partial charge in [-0.2, -0.15) is 23.5 Å². The van der Waals surface area contributed by atoms with E-state index in [4.69, 9.17) is 18.9 Å². The lowest BCUT2D eigenvalue weighted by Gasteiger charge is -2.46. The molecular weight excluding hydrogens is 1260 g/mol. The molecule has 0 aromatic heterocycles. The Bertz CT molecular complexity index is 3150. The van der Waals surface area contributed by atoms with Gasteiger partial charge < -0.3 is 91.7 Å². The van der Waals surface area contributed by atoms with Gasteiger partial charge in [-0.1, -0.05) is 73.9 Å². The van der Waals surface area contributed by atoms with Crippen molar-refractivity contribution in [3.8, 4) is 11.1 Å². The second-order valence-electron chi connectivity index (χ2n) is 23.4. The average Bonchev–Trinajstić information content (AvgIpc) is 0.777. The van der Waals surface area contributed by atoms with Crippen molar-refractivity contribution >= 4 is 70.9 Å². The lowest BCUT2D eigenvalue weighted by Crippen LogP contribution is -2.68. The van der Waals surface area contributed by atoms with Crippen LogP contribution < -0.4 is 31.9 Å². The minimum Gasteiger partial charge on any atom is -0.477 e. The molecule has 12 atom stereocenters. The summed E-state index contributed by atoms with van der Waals surface area (Å²) in [7, 11) is 0. The SMILES string of the molecule is CC(=O)N[C@@H]1[C@@H](O)C[C@](OCCCSCCNC(=O)c2ccc(C(=O)NCCSCCCO[C@]3(C(=O)O)C[C@H](O)[C@@H](NC(C)=O)[C@H](C(O)[C@H](O)CNC(=O)c4ccc(C5CCCCC5)cc4)O3)cc2)(C(=O)O)O[C@H]1C(O)[C@H](O)CNC(=O)c1ccc(-c2ccccc2)cc1. The van der Waals surface area contributed by atoms with Crippen LogP contribution in [0.1, 0.15) is 125 Å². The zero-order valence-corrected chi connectivity index (χ0v) is 54.0. The van der Waals surface area contributed by atoms with E-state index >= 15 is 0 Å². The summed E-state index contributed by atoms with van der Waals surface area (Å²) in [4.78, 5) is 102. The van der Waals surface area contributed by atoms with Gasteiger partial charge in [-0.25, -0.2) is 9.59 Å². The number of aliphatic hydroxyl groups excluding tert-OH is 6. The molecule has 28 heteroatoms. The lowest BCUT2D eigenvalue weighted by atomic mass is 9.84. The summed E-state index contributed by atoms with van der Waals surface area (Å²) >= 11 is 2.85. The van der Waals surface area contributed by atoms with Crippen LogP contribution in [0.4, 0.5) is 0 Å². The normalized spacial score (nSPS) is 23.5. The van der Waals surface area contributed by atoms with Gasteiger partial charge in [0.2, 0.25) is 11.8 Å². The molecule has 2 aliphatic heterocycles. The number of aliphatic hydroxyl groups is 6. The summed E-state index contributed by atoms with van der Waals surface area (Å²) in [6, 6.07) is 26.7. The van der Waals surface area contributed by atoms with Crippen molar-refractivity contribution in [1.82, 2.24) is 31.9 Å². The molecule has 14 N–H and O–H groups in total. The van der Waals surface area contributed by atoms with E-state index in [0.717, 1.165) is 56.2 Å². The maximum atomic E-state index is 13.0. The minimum atomic E-state index is -2.49. The first-order valence-electron chi connectivity index (χ1n) is 31.4. The van der Waals surface area contributed by atoms with Crippen molar-refractivity contribution in [1.29, 1.82) is 0 Å². The Kier molecular flexibility index (Phi) is 28.6. The van der Waals surface area contributed by atoms with Gasteiger partial charge in [0.15, 0.2) is 0 Å². The standard InChI is InChI=1S/C66H86N6O20S2/c1-39(73)71-53-49(75)35-65(63(85)86,91-57(53)55(79)51(77)37-69-61(83)47-19-15-43(16-20-47)41-11-5-3-6-12-41)89-29-9-31-93-33-27-67-59(81)45-23-25-46(26-24-45)60(82)68-28-34-94-32-10-30-90-66(64(87)88)36-50(76)54(72-40(2)74)58(92-66)56(80)52(78)38-70-62(84)48-21-17-44(18-22-48)42-13-7-4-8-14-42/h3,5-6,11-12,15-26,42,49-58,75-80H,4,7-10,13-14,27-38H2,1-2H3,(H,67,81)(H,68,82)(H,69,83)(H,70,84)(H,71,73)(H,72,74)(H,85,86)(H,87,88)/t49-,50-,51+,52+,53+,54+,55?,56?,57+,58+,65+,66+/m0/s1. The van der Waals surface area contributed by atoms with E-state index in [1.54, 1.807) is 36.4 Å². The van der Waals surface area contributed by atoms with Crippen LogP contribution in [0.15, 0.2) is 103 Å². The molecule has 512 valence electrons. The van der Waals surface area contributed by atoms with Crippen molar-refractivity contribution < 1.29 is 98.2 Å². The fourth-order valence-corrected chi connectivity index (χ4v) is 13.0. The number of ether oxygens (including phenoxy) is 4. The second kappa shape index (κ2) is 36.2. The Hall–Kier alpha value is -7.06. The lowest BCUT2D eigenvalue weighted by molar-refractivity contribution is -0.310. The molecule has 2 heterocycles. The second-order valence-corrected chi connectivity index (χ2v) is 25.9. The number of carboxylic acid groups (broad SMARTS) is 2. The highest BCUT2D eigenvalue weighted by Crippen LogP contribution is 2.37. The summed E-state index contributed by atoms with van der Waals surface area (Å²) in [5, 5.41) is 103. The molecule has 0 radical (unpaired) electrons. The van der Waals surface area contributed by atoms with Gasteiger partial charge in [0.05, 0.1) is 49.7 Å². The number of amides is 6. The average molecular weight is 1350 g/mol. The molecule has 4 aromatic carbocycles. The zero-order valence-electron chi connectivity index (χ0n) is 52.4. The van der Waals surface area contributed by atoms with Crippen molar-refractivity contribution in [3.05, 3.63) is 131 Å². The Labute approximate surface area is 553 Å². The predicted molar refractivity (Wildman–Crippen MR) is 347 cm³/mol. The molecule has 2 unspecified atom stereocenters. The summed E-state index contributed by atoms with van der Waals surface area (Å²) in [5.74, 6) is -9.08. The summed E-state index contributed by atoms with van der Waals surface area (Å²) in [6.45, 7) is 1.48. The van der Waals surface area contributed by atoms with Gasteiger partial charge in [0, 0.05) is 86.6 Å². The number of hydrogen-bond donors (Lipinski definition) is 14. The Balaban J connectivity index is 0.771. The third kappa shape index (κ3) is 21.0. The van der Waals surface area contributed by atoms with Crippen LogP contribution in [0.2, 0.25) is 0 Å². The molecule has 3 aliphatic rings. The van der Waals surface area contributed by atoms with Crippen LogP contribution in [0.25, 0.3) is 11.1 Å². The number of carbonyl (C=O) groups excluding carboxylic acids is 6. The third-order valence-electron chi connectivity index (χ3n) is 16.5. The monoisotopic (exact) mass is 1350 g/mol. The van der Waals surface area contributed by atoms with E-state index in [1.807, 2.05) is 42.5 Å². The number of carbonyl (C=O) groups is 8. The van der Waals surface area contributed by atoms with E-state index < -0.39 is 140 Å². The number of hydrogen-bond acceptors (Lipinski definition) is 20. The largest absolute Gasteiger partial charge is 0.477 e. The quantitative estimate of drug-likeness (QED) is 0.0298. The summed E-state index contributed by atoms with van der Waals surface area (Å²) in [5.41, 5.74) is 4.17. The first kappa shape index (κ1) is 74.3. The van der Waals surface area contributed by atoms with E-state index in [1.165, 1.54) is 54.2 Å². The molecule has 7 rings (SSSR count). The maximum Gasteiger partial charge on any atom is 0.364 e. The maximum absolute atomic E-state index is 13.0. The first-order chi connectivity index (χ1) is 45.0. The highest BCUT2D eigenvalue weighted by molar-refractivity contribution is 7.99. The van der Waals surface area contributed by atoms with Crippen molar-refractivity contribution in [2.24, 2.45) is 0 Å². The number of nitrogens with one attached hydrogen (secondary N) is 6. The smallest absolute Gasteiger partial charge is 0.364 e. The van der Waals surface area contributed by atoms with Crippen LogP contribution in [0.5, 0.6) is 0 Å². The molecular formula is C66H86N6O20S2. The zero-order chi connectivity index (χ0) is 68.0. The van der Waals surface area contributed by atoms with Gasteiger partial charge in [-0.3, -0.25) is 28.8 Å². The number of aliphatic carboxylic acids is 2. The van der Waals surface area contributed by atoms with Crippen molar-refractivity contribution in [3.63, 3.8) is 0 Å². The number of benzene rings is 4. The van der Waals surface area contributed by atoms with E-state index in [0.29, 0.717) is 58.5 Å². The van der Waals surface area contributed by atoms with Crippen molar-refractivity contribution in [2.45, 2.75) is 150 Å². The number of thioether (sulfide) groups is 2. The van der Waals surface area contributed by atoms with Crippen molar-refractivity contribution in [2.75, 3.05) is 62.4 Å². The van der Waals surface area contributed by atoms with Crippen LogP contribution in [-0.4, -0.2) is 223 Å². The number of carboxylic acids is 2. The van der Waals surface area contributed by atoms with Gasteiger partial charge >= 0.3 is 11.9 Å². The topological polar surface area (TPSA) is 408 Å². The van der Waals surface area contributed by atoms with Gasteiger partial charge in [0.25, 0.3) is 35.2 Å². The van der Waals surface area contributed by atoms with Gasteiger partial charge in [0.1, 0.15) is 24.4 Å². The van der Waals surface area contributed by atoms with Crippen LogP contribution >= 0.6 is 23.5 Å². The fraction of sp³-hybridized carbons (Fsp3) is 0.515. The number of rotatable bonds is 34. The molecule has 3 fully saturated rings. The third-order valence-corrected chi connectivity index (χ3v) is 18.6. The molecule has 0 spiro atoms. The van der Waals surface area contributed by atoms with E-state index in [9.17, 15) is 79.2 Å². The van der Waals surface area contributed by atoms with Gasteiger partial charge in [-0.15, -0.1) is 0 Å². The highest BCUT2D eigenvalue weighted by atomic mass is 32.2. The highest BCUT2D eigenvalue weighted by Gasteiger charge is 2.57. The minimum absolute atomic E-state index is 0.174. The fourth-order valence-electron chi connectivity index (χ4n) is 11.4. The molecule has 0 bridgehead atoms. The van der Waals surface area contributed by atoms with Gasteiger partial charge in [-0.05, 0) is 108 Å². The summed E-state index contributed by atoms with van der Waals surface area (Å²) < 4.78 is 23.2. The first-order valence-corrected chi connectivity index (χ1v) is 33.7. The van der Waals surface area contributed by atoms with E-state index in [-0.39, 0.29) is 37.8 Å². The van der Waals surface area contributed by atoms with Crippen LogP contribution in [0, 0.1) is 0 Å². The molecule has 26 nitrogen and oxygen atoms in total. The molecule has 1 saturated carbocycles. The summed E-state index contributed by atoms with van der Waals surface area (Å²) in [6.07, 6.45) is -8.88. The molecule has 4 aromatic rings. The Morgan fingerprint density at radius 3 is 1.28 bits per heavy atom. The van der Waals surface area contributed by atoms with Crippen LogP contribution in [0.3, 0.4) is 0 Å². The molecule has 6 amide bonds. The predicted octanol–water partition coefficient (Wildman–Crippen LogP) is 2.32. The van der Waals surface area contributed by atoms with Crippen LogP contribution in [-0.2, 0) is 38.1 Å².